The molecule has 1 atom stereocenters. The van der Waals surface area contributed by atoms with Gasteiger partial charge in [-0.3, -0.25) is 4.79 Å². The summed E-state index contributed by atoms with van der Waals surface area (Å²) in [5.41, 5.74) is 2.00. The molecule has 1 aliphatic carbocycles. The second kappa shape index (κ2) is 3.53. The Hall–Kier alpha value is -0.580. The highest BCUT2D eigenvalue weighted by atomic mass is 127. The Bertz CT molecular complexity index is 363. The summed E-state index contributed by atoms with van der Waals surface area (Å²) in [6.45, 7) is 2.85. The molecule has 0 radical (unpaired) electrons. The zero-order valence-corrected chi connectivity index (χ0v) is 10.2. The lowest BCUT2D eigenvalue weighted by Crippen LogP contribution is -2.32. The van der Waals surface area contributed by atoms with Crippen molar-refractivity contribution in [2.24, 2.45) is 0 Å². The van der Waals surface area contributed by atoms with E-state index in [1.807, 2.05) is 12.2 Å². The summed E-state index contributed by atoms with van der Waals surface area (Å²) in [5, 5.41) is 2.87. The minimum atomic E-state index is -0.0555. The standard InChI is InChI=1S/C11H12INO/c1-11(12)5-2-3-8-4-6-13-10(14)9(8)7-11/h2-3,5,7H,4,6H2,1H3,(H,13,14). The molecule has 2 nitrogen and oxygen atoms in total. The van der Waals surface area contributed by atoms with Gasteiger partial charge < -0.3 is 5.32 Å². The maximum Gasteiger partial charge on any atom is 0.251 e. The first kappa shape index (κ1) is 9.96. The fourth-order valence-electron chi connectivity index (χ4n) is 1.70. The van der Waals surface area contributed by atoms with E-state index in [9.17, 15) is 4.79 Å². The number of hydrogen-bond donors (Lipinski definition) is 1. The zero-order valence-electron chi connectivity index (χ0n) is 8.01. The molecule has 1 fully saturated rings. The first-order valence-corrected chi connectivity index (χ1v) is 5.75. The van der Waals surface area contributed by atoms with Crippen molar-refractivity contribution in [3.8, 4) is 0 Å². The number of halogens is 1. The predicted octanol–water partition coefficient (Wildman–Crippen LogP) is 2.12. The molecule has 0 spiro atoms. The third kappa shape index (κ3) is 1.92. The van der Waals surface area contributed by atoms with Gasteiger partial charge >= 0.3 is 0 Å². The number of amides is 1. The molecular weight excluding hydrogens is 289 g/mol. The Labute approximate surface area is 97.3 Å². The molecule has 2 aliphatic rings. The maximum atomic E-state index is 11.6. The Morgan fingerprint density at radius 1 is 1.57 bits per heavy atom. The molecule has 1 N–H and O–H groups in total. The van der Waals surface area contributed by atoms with Gasteiger partial charge in [-0.15, -0.1) is 0 Å². The molecule has 0 aromatic heterocycles. The van der Waals surface area contributed by atoms with Crippen LogP contribution in [0.5, 0.6) is 0 Å². The predicted molar refractivity (Wildman–Crippen MR) is 65.4 cm³/mol. The lowest BCUT2D eigenvalue weighted by atomic mass is 9.96. The molecule has 14 heavy (non-hydrogen) atoms. The summed E-state index contributed by atoms with van der Waals surface area (Å²) >= 11 is 2.34. The molecule has 1 unspecified atom stereocenters. The van der Waals surface area contributed by atoms with Crippen LogP contribution in [0.2, 0.25) is 0 Å². The van der Waals surface area contributed by atoms with Crippen molar-refractivity contribution in [2.45, 2.75) is 16.8 Å². The maximum absolute atomic E-state index is 11.6. The van der Waals surface area contributed by atoms with Gasteiger partial charge in [0, 0.05) is 12.1 Å². The summed E-state index contributed by atoms with van der Waals surface area (Å²) in [4.78, 5) is 11.6. The number of hydrogen-bond acceptors (Lipinski definition) is 1. The highest BCUT2D eigenvalue weighted by Gasteiger charge is 2.24. The van der Waals surface area contributed by atoms with Gasteiger partial charge in [0.1, 0.15) is 0 Å². The quantitative estimate of drug-likeness (QED) is 0.539. The van der Waals surface area contributed by atoms with E-state index in [0.29, 0.717) is 0 Å². The van der Waals surface area contributed by atoms with Crippen molar-refractivity contribution in [2.75, 3.05) is 6.54 Å². The molecule has 1 aliphatic heterocycles. The lowest BCUT2D eigenvalue weighted by Gasteiger charge is -2.20. The van der Waals surface area contributed by atoms with E-state index < -0.39 is 0 Å². The van der Waals surface area contributed by atoms with Gasteiger partial charge in [-0.1, -0.05) is 46.9 Å². The zero-order chi connectivity index (χ0) is 10.2. The highest BCUT2D eigenvalue weighted by molar-refractivity contribution is 14.1. The van der Waals surface area contributed by atoms with Crippen LogP contribution in [0.3, 0.4) is 0 Å². The lowest BCUT2D eigenvalue weighted by molar-refractivity contribution is -0.117. The molecular formula is C11H12INO. The van der Waals surface area contributed by atoms with Crippen LogP contribution < -0.4 is 5.32 Å². The van der Waals surface area contributed by atoms with E-state index in [1.54, 1.807) is 0 Å². The van der Waals surface area contributed by atoms with Crippen LogP contribution in [0.1, 0.15) is 13.3 Å². The van der Waals surface area contributed by atoms with Crippen molar-refractivity contribution < 1.29 is 4.79 Å². The fourth-order valence-corrected chi connectivity index (χ4v) is 2.22. The second-order valence-electron chi connectivity index (χ2n) is 3.77. The van der Waals surface area contributed by atoms with E-state index in [0.717, 1.165) is 24.1 Å². The first-order chi connectivity index (χ1) is 6.58. The average molecular weight is 301 g/mol. The van der Waals surface area contributed by atoms with Crippen LogP contribution in [0.25, 0.3) is 0 Å². The van der Waals surface area contributed by atoms with Crippen molar-refractivity contribution in [3.05, 3.63) is 35.5 Å². The third-order valence-electron chi connectivity index (χ3n) is 2.42. The largest absolute Gasteiger partial charge is 0.352 e. The topological polar surface area (TPSA) is 29.1 Å². The minimum absolute atomic E-state index is 0.0555. The van der Waals surface area contributed by atoms with Crippen molar-refractivity contribution in [1.29, 1.82) is 0 Å². The Balaban J connectivity index is 2.45. The Morgan fingerprint density at radius 3 is 3.14 bits per heavy atom. The summed E-state index contributed by atoms with van der Waals surface area (Å²) in [6, 6.07) is 0. The number of allylic oxidation sites excluding steroid dienone is 4. The van der Waals surface area contributed by atoms with Gasteiger partial charge in [0.25, 0.3) is 5.91 Å². The number of piperidine rings is 1. The second-order valence-corrected chi connectivity index (χ2v) is 6.09. The highest BCUT2D eigenvalue weighted by Crippen LogP contribution is 2.30. The van der Waals surface area contributed by atoms with Crippen LogP contribution in [0, 0.1) is 0 Å². The normalized spacial score (nSPS) is 31.1. The number of rotatable bonds is 0. The van der Waals surface area contributed by atoms with Crippen molar-refractivity contribution in [3.63, 3.8) is 0 Å². The minimum Gasteiger partial charge on any atom is -0.352 e. The average Bonchev–Trinajstić information content (AvgIpc) is 2.24. The van der Waals surface area contributed by atoms with Crippen LogP contribution >= 0.6 is 22.6 Å². The molecule has 2 rings (SSSR count). The Morgan fingerprint density at radius 2 is 2.36 bits per heavy atom. The summed E-state index contributed by atoms with van der Waals surface area (Å²) < 4.78 is -0.0555. The summed E-state index contributed by atoms with van der Waals surface area (Å²) in [5.74, 6) is 0.0640. The van der Waals surface area contributed by atoms with Crippen LogP contribution in [-0.4, -0.2) is 15.9 Å². The van der Waals surface area contributed by atoms with Crippen LogP contribution in [-0.2, 0) is 4.79 Å². The van der Waals surface area contributed by atoms with Crippen molar-refractivity contribution >= 4 is 28.5 Å². The molecule has 1 heterocycles. The number of carbonyl (C=O) groups excluding carboxylic acids is 1. The fraction of sp³-hybridized carbons (Fsp3) is 0.364. The number of fused-ring (bicyclic) bond motifs is 1. The molecule has 1 amide bonds. The third-order valence-corrected chi connectivity index (χ3v) is 3.09. The van der Waals surface area contributed by atoms with Gasteiger partial charge in [-0.2, -0.15) is 0 Å². The first-order valence-electron chi connectivity index (χ1n) is 4.67. The molecule has 1 saturated heterocycles. The van der Waals surface area contributed by atoms with Gasteiger partial charge in [0.15, 0.2) is 0 Å². The number of alkyl halides is 1. The van der Waals surface area contributed by atoms with Gasteiger partial charge in [-0.05, 0) is 18.9 Å². The monoisotopic (exact) mass is 301 g/mol. The van der Waals surface area contributed by atoms with E-state index in [4.69, 9.17) is 0 Å². The van der Waals surface area contributed by atoms with Crippen LogP contribution in [0.4, 0.5) is 0 Å². The molecule has 0 saturated carbocycles. The number of nitrogens with one attached hydrogen (secondary N) is 1. The van der Waals surface area contributed by atoms with Crippen LogP contribution in [0.15, 0.2) is 35.5 Å². The van der Waals surface area contributed by atoms with E-state index >= 15 is 0 Å². The van der Waals surface area contributed by atoms with E-state index in [-0.39, 0.29) is 9.33 Å². The summed E-state index contributed by atoms with van der Waals surface area (Å²) in [7, 11) is 0. The number of carbonyl (C=O) groups is 1. The SMILES string of the molecule is CC1(I)C=CC=C2CCNC(=O)C2=C1. The Kier molecular flexibility index (Phi) is 2.51. The summed E-state index contributed by atoms with van der Waals surface area (Å²) in [6.07, 6.45) is 9.18. The molecule has 0 aromatic carbocycles. The van der Waals surface area contributed by atoms with Gasteiger partial charge in [-0.25, -0.2) is 0 Å². The van der Waals surface area contributed by atoms with E-state index in [2.05, 4.69) is 47.0 Å². The van der Waals surface area contributed by atoms with Crippen molar-refractivity contribution in [1.82, 2.24) is 5.32 Å². The molecule has 0 aromatic rings. The molecule has 3 heteroatoms. The van der Waals surface area contributed by atoms with Gasteiger partial charge in [0.2, 0.25) is 0 Å². The molecule has 0 bridgehead atoms. The van der Waals surface area contributed by atoms with Gasteiger partial charge in [0.05, 0.1) is 3.42 Å². The smallest absolute Gasteiger partial charge is 0.251 e. The van der Waals surface area contributed by atoms with E-state index in [1.165, 1.54) is 0 Å². The molecule has 74 valence electrons.